The average molecular weight is 443 g/mol. The van der Waals surface area contributed by atoms with E-state index in [1.807, 2.05) is 0 Å². The summed E-state index contributed by atoms with van der Waals surface area (Å²) in [5.41, 5.74) is -1.46. The summed E-state index contributed by atoms with van der Waals surface area (Å²) in [5.74, 6) is 1.69. The van der Waals surface area contributed by atoms with E-state index in [1.54, 1.807) is 41.5 Å². The first-order valence-electron chi connectivity index (χ1n) is 10.4. The summed E-state index contributed by atoms with van der Waals surface area (Å²) in [5, 5.41) is 10.6. The van der Waals surface area contributed by atoms with Gasteiger partial charge in [-0.05, 0) is 59.7 Å². The normalized spacial score (nSPS) is 16.2. The number of terminal acetylenes is 1. The molecule has 0 saturated carbocycles. The van der Waals surface area contributed by atoms with Crippen LogP contribution in [0.1, 0.15) is 68.7 Å². The van der Waals surface area contributed by atoms with Crippen molar-refractivity contribution in [3.05, 3.63) is 0 Å². The number of rotatable bonds is 8. The van der Waals surface area contributed by atoms with Crippen molar-refractivity contribution in [2.24, 2.45) is 10.8 Å². The van der Waals surface area contributed by atoms with Gasteiger partial charge < -0.3 is 19.0 Å². The standard InChI is InChI=1S/C23H42O6Si/c1-13-16(29-30(11,12)23(8,9)10)14-18(28-20(26)22(5,6)7)17(24)15-27-19(25)21(2,3)4/h1,16-18,24H,14-15H2,2-12H3/t16?,17-,18+/m1/s1. The quantitative estimate of drug-likeness (QED) is 0.343. The Morgan fingerprint density at radius 2 is 1.43 bits per heavy atom. The molecule has 0 aliphatic heterocycles. The van der Waals surface area contributed by atoms with E-state index >= 15 is 0 Å². The van der Waals surface area contributed by atoms with Crippen LogP contribution in [-0.4, -0.2) is 50.3 Å². The number of aliphatic hydroxyl groups is 1. The lowest BCUT2D eigenvalue weighted by molar-refractivity contribution is -0.172. The van der Waals surface area contributed by atoms with Crippen molar-refractivity contribution in [2.75, 3.05) is 6.61 Å². The van der Waals surface area contributed by atoms with Gasteiger partial charge in [0.1, 0.15) is 24.9 Å². The molecule has 6 nitrogen and oxygen atoms in total. The smallest absolute Gasteiger partial charge is 0.311 e. The zero-order valence-corrected chi connectivity index (χ0v) is 21.7. The highest BCUT2D eigenvalue weighted by molar-refractivity contribution is 6.74. The van der Waals surface area contributed by atoms with Gasteiger partial charge in [0.25, 0.3) is 0 Å². The number of hydrogen-bond acceptors (Lipinski definition) is 6. The maximum absolute atomic E-state index is 12.5. The highest BCUT2D eigenvalue weighted by Gasteiger charge is 2.40. The van der Waals surface area contributed by atoms with Crippen molar-refractivity contribution in [3.8, 4) is 12.3 Å². The minimum absolute atomic E-state index is 0.0550. The van der Waals surface area contributed by atoms with Gasteiger partial charge >= 0.3 is 11.9 Å². The van der Waals surface area contributed by atoms with Crippen molar-refractivity contribution < 1.29 is 28.6 Å². The molecule has 0 heterocycles. The SMILES string of the molecule is C#CC(C[C@H](OC(=O)C(C)(C)C)[C@H](O)COC(=O)C(C)(C)C)O[Si](C)(C)C(C)(C)C. The van der Waals surface area contributed by atoms with Gasteiger partial charge in [0, 0.05) is 6.42 Å². The zero-order valence-electron chi connectivity index (χ0n) is 20.7. The zero-order chi connectivity index (χ0) is 24.1. The van der Waals surface area contributed by atoms with E-state index in [0.29, 0.717) is 0 Å². The molecule has 0 spiro atoms. The molecular formula is C23H42O6Si. The van der Waals surface area contributed by atoms with Gasteiger partial charge in [-0.3, -0.25) is 9.59 Å². The summed E-state index contributed by atoms with van der Waals surface area (Å²) in [6.07, 6.45) is 2.99. The van der Waals surface area contributed by atoms with E-state index in [0.717, 1.165) is 0 Å². The van der Waals surface area contributed by atoms with Crippen LogP contribution in [0.3, 0.4) is 0 Å². The second-order valence-electron chi connectivity index (χ2n) is 11.4. The number of hydrogen-bond donors (Lipinski definition) is 1. The van der Waals surface area contributed by atoms with E-state index in [9.17, 15) is 14.7 Å². The molecule has 0 aliphatic rings. The second-order valence-corrected chi connectivity index (χ2v) is 16.1. The molecule has 3 atom stereocenters. The number of carbonyl (C=O) groups is 2. The fourth-order valence-electron chi connectivity index (χ4n) is 1.98. The van der Waals surface area contributed by atoms with E-state index in [4.69, 9.17) is 20.3 Å². The van der Waals surface area contributed by atoms with Crippen molar-refractivity contribution in [1.82, 2.24) is 0 Å². The first-order chi connectivity index (χ1) is 13.2. The van der Waals surface area contributed by atoms with Gasteiger partial charge in [-0.15, -0.1) is 6.42 Å². The Balaban J connectivity index is 5.49. The summed E-state index contributed by atoms with van der Waals surface area (Å²) in [7, 11) is -2.18. The van der Waals surface area contributed by atoms with Crippen LogP contribution in [0.5, 0.6) is 0 Å². The lowest BCUT2D eigenvalue weighted by atomic mass is 9.96. The van der Waals surface area contributed by atoms with Crippen LogP contribution in [0.2, 0.25) is 18.1 Å². The van der Waals surface area contributed by atoms with Crippen LogP contribution in [0.25, 0.3) is 0 Å². The van der Waals surface area contributed by atoms with Crippen LogP contribution in [0, 0.1) is 23.2 Å². The molecule has 0 aliphatic carbocycles. The number of ether oxygens (including phenoxy) is 2. The Bertz CT molecular complexity index is 628. The summed E-state index contributed by atoms with van der Waals surface area (Å²) in [6.45, 7) is 20.5. The molecule has 174 valence electrons. The maximum atomic E-state index is 12.5. The molecule has 0 rings (SSSR count). The Hall–Kier alpha value is -1.36. The average Bonchev–Trinajstić information content (AvgIpc) is 2.54. The van der Waals surface area contributed by atoms with Crippen LogP contribution in [-0.2, 0) is 23.5 Å². The van der Waals surface area contributed by atoms with Crippen molar-refractivity contribution >= 4 is 20.3 Å². The van der Waals surface area contributed by atoms with E-state index < -0.39 is 49.4 Å². The Morgan fingerprint density at radius 3 is 1.80 bits per heavy atom. The Kier molecular flexibility index (Phi) is 9.83. The molecular weight excluding hydrogens is 400 g/mol. The Labute approximate surface area is 184 Å². The van der Waals surface area contributed by atoms with E-state index in [-0.39, 0.29) is 18.1 Å². The molecule has 1 unspecified atom stereocenters. The molecule has 0 aromatic carbocycles. The lowest BCUT2D eigenvalue weighted by Gasteiger charge is -2.39. The molecule has 0 bridgehead atoms. The summed E-state index contributed by atoms with van der Waals surface area (Å²) in [6, 6.07) is 0. The highest BCUT2D eigenvalue weighted by Crippen LogP contribution is 2.38. The molecule has 0 fully saturated rings. The van der Waals surface area contributed by atoms with Gasteiger partial charge in [0.2, 0.25) is 0 Å². The third kappa shape index (κ3) is 9.19. The van der Waals surface area contributed by atoms with Crippen LogP contribution in [0.4, 0.5) is 0 Å². The fraction of sp³-hybridized carbons (Fsp3) is 0.826. The van der Waals surface area contributed by atoms with Gasteiger partial charge in [-0.1, -0.05) is 26.7 Å². The first kappa shape index (κ1) is 28.6. The highest BCUT2D eigenvalue weighted by atomic mass is 28.4. The molecule has 0 aromatic rings. The molecule has 0 saturated heterocycles. The molecule has 0 amide bonds. The minimum Gasteiger partial charge on any atom is -0.462 e. The molecule has 7 heteroatoms. The minimum atomic E-state index is -2.18. The fourth-order valence-corrected chi connectivity index (χ4v) is 3.21. The summed E-state index contributed by atoms with van der Waals surface area (Å²) in [4.78, 5) is 24.5. The van der Waals surface area contributed by atoms with Gasteiger partial charge in [0.15, 0.2) is 8.32 Å². The first-order valence-corrected chi connectivity index (χ1v) is 13.3. The van der Waals surface area contributed by atoms with Gasteiger partial charge in [0.05, 0.1) is 10.8 Å². The maximum Gasteiger partial charge on any atom is 0.311 e. The predicted molar refractivity (Wildman–Crippen MR) is 121 cm³/mol. The predicted octanol–water partition coefficient (Wildman–Crippen LogP) is 4.31. The molecule has 0 radical (unpaired) electrons. The van der Waals surface area contributed by atoms with Gasteiger partial charge in [-0.25, -0.2) is 0 Å². The lowest BCUT2D eigenvalue weighted by Crippen LogP contribution is -2.46. The van der Waals surface area contributed by atoms with Crippen molar-refractivity contribution in [2.45, 2.75) is 105 Å². The van der Waals surface area contributed by atoms with Crippen molar-refractivity contribution in [3.63, 3.8) is 0 Å². The van der Waals surface area contributed by atoms with Crippen LogP contribution < -0.4 is 0 Å². The third-order valence-electron chi connectivity index (χ3n) is 5.17. The third-order valence-corrected chi connectivity index (χ3v) is 9.66. The number of aliphatic hydroxyl groups excluding tert-OH is 1. The largest absolute Gasteiger partial charge is 0.462 e. The number of esters is 2. The molecule has 30 heavy (non-hydrogen) atoms. The Morgan fingerprint density at radius 1 is 0.967 bits per heavy atom. The summed E-state index contributed by atoms with van der Waals surface area (Å²) < 4.78 is 17.1. The van der Waals surface area contributed by atoms with Crippen molar-refractivity contribution in [1.29, 1.82) is 0 Å². The molecule has 1 N–H and O–H groups in total. The second kappa shape index (κ2) is 10.3. The monoisotopic (exact) mass is 442 g/mol. The topological polar surface area (TPSA) is 82.1 Å². The van der Waals surface area contributed by atoms with Gasteiger partial charge in [-0.2, -0.15) is 0 Å². The number of carbonyl (C=O) groups excluding carboxylic acids is 2. The molecule has 0 aromatic heterocycles. The summed E-state index contributed by atoms with van der Waals surface area (Å²) >= 11 is 0. The van der Waals surface area contributed by atoms with Crippen LogP contribution >= 0.6 is 0 Å². The van der Waals surface area contributed by atoms with E-state index in [1.165, 1.54) is 0 Å². The van der Waals surface area contributed by atoms with Crippen LogP contribution in [0.15, 0.2) is 0 Å². The van der Waals surface area contributed by atoms with E-state index in [2.05, 4.69) is 39.8 Å².